The molecule has 1 heterocycles. The molecule has 0 aromatic rings. The summed E-state index contributed by atoms with van der Waals surface area (Å²) in [7, 11) is -2.74. The molecule has 0 N–H and O–H groups in total. The van der Waals surface area contributed by atoms with E-state index in [0.717, 1.165) is 12.8 Å². The third-order valence-electron chi connectivity index (χ3n) is 4.61. The second-order valence-electron chi connectivity index (χ2n) is 5.24. The maximum absolute atomic E-state index is 11.3. The number of rotatable bonds is 1. The van der Waals surface area contributed by atoms with Crippen molar-refractivity contribution in [3.63, 3.8) is 0 Å². The number of hydrogen-bond acceptors (Lipinski definition) is 2. The Bertz CT molecular complexity index is 331. The van der Waals surface area contributed by atoms with Gasteiger partial charge < -0.3 is 0 Å². The van der Waals surface area contributed by atoms with Crippen LogP contribution in [0.15, 0.2) is 0 Å². The fraction of sp³-hybridized carbons (Fsp3) is 1.00. The van der Waals surface area contributed by atoms with Crippen LogP contribution in [-0.4, -0.2) is 25.8 Å². The predicted molar refractivity (Wildman–Crippen MR) is 58.3 cm³/mol. The van der Waals surface area contributed by atoms with Crippen molar-refractivity contribution < 1.29 is 8.42 Å². The van der Waals surface area contributed by atoms with E-state index in [1.165, 1.54) is 0 Å². The summed E-state index contributed by atoms with van der Waals surface area (Å²) in [6.45, 7) is 4.44. The summed E-state index contributed by atoms with van der Waals surface area (Å²) in [5, 5.41) is 0. The number of sulfone groups is 1. The van der Waals surface area contributed by atoms with Gasteiger partial charge in [0.2, 0.25) is 0 Å². The molecule has 1 saturated heterocycles. The summed E-state index contributed by atoms with van der Waals surface area (Å²) < 4.78 is 22.7. The molecule has 1 saturated carbocycles. The smallest absolute Gasteiger partial charge is 0.150 e. The zero-order valence-corrected chi connectivity index (χ0v) is 10.3. The lowest BCUT2D eigenvalue weighted by molar-refractivity contribution is 0.344. The van der Waals surface area contributed by atoms with Gasteiger partial charge in [0.1, 0.15) is 9.84 Å². The first kappa shape index (κ1) is 10.7. The van der Waals surface area contributed by atoms with Crippen molar-refractivity contribution in [2.24, 2.45) is 16.7 Å². The minimum Gasteiger partial charge on any atom is -0.229 e. The first-order valence-electron chi connectivity index (χ1n) is 5.12. The molecule has 0 aromatic heterocycles. The standard InChI is InChI=1S/C10H17ClO2S/c1-9(2)8(7-11)10(9)3-5-14(12,13)6-4-10/h8H,3-7H2,1-2H3. The van der Waals surface area contributed by atoms with Gasteiger partial charge in [0.25, 0.3) is 0 Å². The van der Waals surface area contributed by atoms with Gasteiger partial charge in [-0.25, -0.2) is 8.42 Å². The molecular formula is C10H17ClO2S. The molecule has 1 spiro atoms. The van der Waals surface area contributed by atoms with E-state index in [2.05, 4.69) is 13.8 Å². The number of alkyl halides is 1. The molecule has 2 fully saturated rings. The van der Waals surface area contributed by atoms with Crippen molar-refractivity contribution >= 4 is 21.4 Å². The van der Waals surface area contributed by atoms with E-state index in [0.29, 0.717) is 23.3 Å². The molecule has 2 aliphatic rings. The van der Waals surface area contributed by atoms with Crippen molar-refractivity contribution in [3.05, 3.63) is 0 Å². The minimum absolute atomic E-state index is 0.236. The molecule has 2 rings (SSSR count). The van der Waals surface area contributed by atoms with Gasteiger partial charge in [0.05, 0.1) is 11.5 Å². The minimum atomic E-state index is -2.74. The van der Waals surface area contributed by atoms with Gasteiger partial charge in [0, 0.05) is 5.88 Å². The van der Waals surface area contributed by atoms with Crippen molar-refractivity contribution in [2.75, 3.05) is 17.4 Å². The van der Waals surface area contributed by atoms with Gasteiger partial charge in [-0.1, -0.05) is 13.8 Å². The molecule has 82 valence electrons. The Balaban J connectivity index is 2.16. The van der Waals surface area contributed by atoms with Crippen LogP contribution in [0.5, 0.6) is 0 Å². The van der Waals surface area contributed by atoms with Crippen molar-refractivity contribution in [1.82, 2.24) is 0 Å². The van der Waals surface area contributed by atoms with Crippen LogP contribution in [-0.2, 0) is 9.84 Å². The molecule has 0 amide bonds. The van der Waals surface area contributed by atoms with Crippen molar-refractivity contribution in [1.29, 1.82) is 0 Å². The summed E-state index contributed by atoms with van der Waals surface area (Å²) in [5.41, 5.74) is 0.491. The fourth-order valence-electron chi connectivity index (χ4n) is 3.30. The highest BCUT2D eigenvalue weighted by Crippen LogP contribution is 2.73. The van der Waals surface area contributed by atoms with Crippen LogP contribution in [0.2, 0.25) is 0 Å². The molecule has 1 aliphatic carbocycles. The van der Waals surface area contributed by atoms with E-state index in [1.807, 2.05) is 0 Å². The van der Waals surface area contributed by atoms with E-state index < -0.39 is 9.84 Å². The SMILES string of the molecule is CC1(C)C(CCl)C12CCS(=O)(=O)CC2. The van der Waals surface area contributed by atoms with Crippen LogP contribution < -0.4 is 0 Å². The van der Waals surface area contributed by atoms with Crippen LogP contribution in [0, 0.1) is 16.7 Å². The highest BCUT2D eigenvalue weighted by Gasteiger charge is 2.70. The monoisotopic (exact) mass is 236 g/mol. The topological polar surface area (TPSA) is 34.1 Å². The summed E-state index contributed by atoms with van der Waals surface area (Å²) in [6.07, 6.45) is 1.64. The van der Waals surface area contributed by atoms with E-state index in [1.54, 1.807) is 0 Å². The van der Waals surface area contributed by atoms with Crippen molar-refractivity contribution in [2.45, 2.75) is 26.7 Å². The summed E-state index contributed by atoms with van der Waals surface area (Å²) in [5.74, 6) is 1.92. The average Bonchev–Trinajstić information content (AvgIpc) is 2.54. The second kappa shape index (κ2) is 2.88. The van der Waals surface area contributed by atoms with Gasteiger partial charge in [0.15, 0.2) is 0 Å². The van der Waals surface area contributed by atoms with E-state index >= 15 is 0 Å². The first-order chi connectivity index (χ1) is 6.36. The molecule has 14 heavy (non-hydrogen) atoms. The largest absolute Gasteiger partial charge is 0.229 e. The Morgan fingerprint density at radius 3 is 2.14 bits per heavy atom. The van der Waals surface area contributed by atoms with Crippen molar-refractivity contribution in [3.8, 4) is 0 Å². The van der Waals surface area contributed by atoms with E-state index in [9.17, 15) is 8.42 Å². The Morgan fingerprint density at radius 1 is 1.29 bits per heavy atom. The lowest BCUT2D eigenvalue weighted by atomic mass is 9.90. The average molecular weight is 237 g/mol. The van der Waals surface area contributed by atoms with Crippen LogP contribution in [0.25, 0.3) is 0 Å². The first-order valence-corrected chi connectivity index (χ1v) is 7.48. The summed E-state index contributed by atoms with van der Waals surface area (Å²) in [6, 6.07) is 0. The number of halogens is 1. The Hall–Kier alpha value is 0.240. The van der Waals surface area contributed by atoms with Crippen LogP contribution in [0.4, 0.5) is 0 Å². The van der Waals surface area contributed by atoms with Gasteiger partial charge >= 0.3 is 0 Å². The third-order valence-corrected chi connectivity index (χ3v) is 6.57. The highest BCUT2D eigenvalue weighted by atomic mass is 35.5. The van der Waals surface area contributed by atoms with E-state index in [-0.39, 0.29) is 10.8 Å². The quantitative estimate of drug-likeness (QED) is 0.654. The fourth-order valence-corrected chi connectivity index (χ4v) is 5.53. The molecule has 1 unspecified atom stereocenters. The number of hydrogen-bond donors (Lipinski definition) is 0. The van der Waals surface area contributed by atoms with Gasteiger partial charge in [-0.3, -0.25) is 0 Å². The lowest BCUT2D eigenvalue weighted by Crippen LogP contribution is -2.27. The summed E-state index contributed by atoms with van der Waals surface area (Å²) >= 11 is 5.93. The molecule has 0 radical (unpaired) electrons. The molecule has 0 bridgehead atoms. The zero-order chi connectivity index (χ0) is 10.6. The van der Waals surface area contributed by atoms with Gasteiger partial charge in [-0.2, -0.15) is 0 Å². The van der Waals surface area contributed by atoms with Crippen LogP contribution >= 0.6 is 11.6 Å². The summed E-state index contributed by atoms with van der Waals surface area (Å²) in [4.78, 5) is 0. The Kier molecular flexibility index (Phi) is 2.21. The maximum atomic E-state index is 11.3. The molecule has 0 aromatic carbocycles. The zero-order valence-electron chi connectivity index (χ0n) is 8.72. The predicted octanol–water partition coefficient (Wildman–Crippen LogP) is 2.08. The lowest BCUT2D eigenvalue weighted by Gasteiger charge is -2.25. The molecule has 2 nitrogen and oxygen atoms in total. The van der Waals surface area contributed by atoms with Crippen LogP contribution in [0.1, 0.15) is 26.7 Å². The maximum Gasteiger partial charge on any atom is 0.150 e. The molecule has 1 aliphatic heterocycles. The van der Waals surface area contributed by atoms with Gasteiger partial charge in [-0.05, 0) is 29.6 Å². The van der Waals surface area contributed by atoms with E-state index in [4.69, 9.17) is 11.6 Å². The van der Waals surface area contributed by atoms with Crippen LogP contribution in [0.3, 0.4) is 0 Å². The Labute approximate surface area is 90.9 Å². The molecular weight excluding hydrogens is 220 g/mol. The molecule has 1 atom stereocenters. The normalized spacial score (nSPS) is 36.9. The Morgan fingerprint density at radius 2 is 1.79 bits per heavy atom. The van der Waals surface area contributed by atoms with Gasteiger partial charge in [-0.15, -0.1) is 11.6 Å². The molecule has 4 heteroatoms. The highest BCUT2D eigenvalue weighted by molar-refractivity contribution is 7.91. The third kappa shape index (κ3) is 1.25. The second-order valence-corrected chi connectivity index (χ2v) is 7.85.